The van der Waals surface area contributed by atoms with Crippen LogP contribution in [-0.2, 0) is 0 Å². The van der Waals surface area contributed by atoms with E-state index in [-0.39, 0.29) is 0 Å². The number of nitrogens with zero attached hydrogens (tertiary/aromatic N) is 2. The van der Waals surface area contributed by atoms with Crippen LogP contribution < -0.4 is 0 Å². The summed E-state index contributed by atoms with van der Waals surface area (Å²) >= 11 is 0. The predicted molar refractivity (Wildman–Crippen MR) is 245 cm³/mol. The molecule has 0 saturated carbocycles. The van der Waals surface area contributed by atoms with Crippen LogP contribution in [0.5, 0.6) is 0 Å². The second-order valence-electron chi connectivity index (χ2n) is 14.9. The molecule has 270 valence electrons. The van der Waals surface area contributed by atoms with Crippen LogP contribution in [0, 0.1) is 0 Å². The maximum Gasteiger partial charge on any atom is 0.0715 e. The highest BCUT2D eigenvalue weighted by molar-refractivity contribution is 6.15. The Balaban J connectivity index is 1.11. The third kappa shape index (κ3) is 6.00. The quantitative estimate of drug-likeness (QED) is 0.159. The number of hydrogen-bond donors (Lipinski definition) is 0. The SMILES string of the molecule is c1ccc(-c2cc(-c3cc4ccccc4c4ccccc34)cc(-c3cccc(-c4cc(-c5cc6ccccc6c6ccccc56)cc(-c5ccccc5)n4)c3)n2)cc1. The third-order valence-electron chi connectivity index (χ3n) is 11.4. The standard InChI is InChI=1S/C56H36N2/c1-3-16-37(17-4-1)53-33-43(51-31-39-20-7-9-24-45(39)47-26-11-13-28-49(47)51)35-55(57-53)41-22-15-23-42(30-41)56-36-44(34-54(58-56)38-18-5-2-6-19-38)52-32-40-21-8-10-25-46(40)48-27-12-14-29-50(48)52/h1-36H. The van der Waals surface area contributed by atoms with Gasteiger partial charge in [-0.25, -0.2) is 9.97 Å². The summed E-state index contributed by atoms with van der Waals surface area (Å²) in [6.45, 7) is 0. The molecule has 2 nitrogen and oxygen atoms in total. The smallest absolute Gasteiger partial charge is 0.0715 e. The summed E-state index contributed by atoms with van der Waals surface area (Å²) in [6.07, 6.45) is 0. The zero-order valence-electron chi connectivity index (χ0n) is 31.7. The van der Waals surface area contributed by atoms with E-state index in [1.165, 1.54) is 54.2 Å². The average Bonchev–Trinajstić information content (AvgIpc) is 3.31. The van der Waals surface area contributed by atoms with E-state index in [0.717, 1.165) is 56.2 Å². The van der Waals surface area contributed by atoms with Crippen LogP contribution in [0.4, 0.5) is 0 Å². The molecule has 2 aromatic heterocycles. The summed E-state index contributed by atoms with van der Waals surface area (Å²) in [5.74, 6) is 0. The Kier molecular flexibility index (Phi) is 8.19. The molecule has 0 saturated heterocycles. The van der Waals surface area contributed by atoms with Crippen molar-refractivity contribution in [3.05, 3.63) is 218 Å². The molecule has 2 heteroatoms. The number of hydrogen-bond acceptors (Lipinski definition) is 2. The molecule has 0 aliphatic rings. The lowest BCUT2D eigenvalue weighted by atomic mass is 9.91. The van der Waals surface area contributed by atoms with E-state index in [1.807, 2.05) is 0 Å². The summed E-state index contributed by atoms with van der Waals surface area (Å²) in [6, 6.07) is 78.2. The van der Waals surface area contributed by atoms with Crippen molar-refractivity contribution < 1.29 is 0 Å². The Bertz CT molecular complexity index is 3110. The largest absolute Gasteiger partial charge is 0.248 e. The van der Waals surface area contributed by atoms with Crippen LogP contribution in [0.2, 0.25) is 0 Å². The minimum Gasteiger partial charge on any atom is -0.248 e. The summed E-state index contributed by atoms with van der Waals surface area (Å²) in [7, 11) is 0. The number of benzene rings is 9. The lowest BCUT2D eigenvalue weighted by Gasteiger charge is -2.15. The van der Waals surface area contributed by atoms with Gasteiger partial charge >= 0.3 is 0 Å². The van der Waals surface area contributed by atoms with Crippen molar-refractivity contribution >= 4 is 43.1 Å². The van der Waals surface area contributed by atoms with Gasteiger partial charge in [0.25, 0.3) is 0 Å². The molecule has 0 aliphatic carbocycles. The molecular weight excluding hydrogens is 701 g/mol. The monoisotopic (exact) mass is 736 g/mol. The molecule has 0 radical (unpaired) electrons. The molecule has 0 amide bonds. The highest BCUT2D eigenvalue weighted by Crippen LogP contribution is 2.40. The number of aromatic nitrogens is 2. The second kappa shape index (κ2) is 14.1. The summed E-state index contributed by atoms with van der Waals surface area (Å²) in [5, 5.41) is 9.90. The van der Waals surface area contributed by atoms with Crippen molar-refractivity contribution in [1.82, 2.24) is 9.97 Å². The lowest BCUT2D eigenvalue weighted by molar-refractivity contribution is 1.31. The van der Waals surface area contributed by atoms with E-state index < -0.39 is 0 Å². The van der Waals surface area contributed by atoms with Crippen molar-refractivity contribution in [3.63, 3.8) is 0 Å². The molecular formula is C56H36N2. The van der Waals surface area contributed by atoms with Gasteiger partial charge in [-0.3, -0.25) is 0 Å². The van der Waals surface area contributed by atoms with Crippen molar-refractivity contribution in [2.45, 2.75) is 0 Å². The van der Waals surface area contributed by atoms with Gasteiger partial charge in [-0.05, 0) is 108 Å². The molecule has 58 heavy (non-hydrogen) atoms. The molecule has 9 aromatic carbocycles. The minimum absolute atomic E-state index is 0.912. The molecule has 0 bridgehead atoms. The second-order valence-corrected chi connectivity index (χ2v) is 14.9. The highest BCUT2D eigenvalue weighted by Gasteiger charge is 2.16. The van der Waals surface area contributed by atoms with Gasteiger partial charge in [-0.15, -0.1) is 0 Å². The first-order valence-electron chi connectivity index (χ1n) is 19.8. The zero-order chi connectivity index (χ0) is 38.4. The maximum absolute atomic E-state index is 5.35. The van der Waals surface area contributed by atoms with Gasteiger partial charge in [0.15, 0.2) is 0 Å². The van der Waals surface area contributed by atoms with Crippen molar-refractivity contribution in [3.8, 4) is 67.3 Å². The Labute approximate surface area is 337 Å². The zero-order valence-corrected chi connectivity index (χ0v) is 31.7. The summed E-state index contributed by atoms with van der Waals surface area (Å²) in [4.78, 5) is 10.7. The number of rotatable bonds is 6. The lowest BCUT2D eigenvalue weighted by Crippen LogP contribution is -1.94. The minimum atomic E-state index is 0.912. The molecule has 11 aromatic rings. The van der Waals surface area contributed by atoms with Gasteiger partial charge in [0.1, 0.15) is 0 Å². The van der Waals surface area contributed by atoms with Crippen molar-refractivity contribution in [2.24, 2.45) is 0 Å². The molecule has 0 unspecified atom stereocenters. The Morgan fingerprint density at radius 1 is 0.207 bits per heavy atom. The van der Waals surface area contributed by atoms with Crippen LogP contribution in [0.3, 0.4) is 0 Å². The van der Waals surface area contributed by atoms with E-state index >= 15 is 0 Å². The topological polar surface area (TPSA) is 25.8 Å². The van der Waals surface area contributed by atoms with Crippen LogP contribution in [0.15, 0.2) is 218 Å². The van der Waals surface area contributed by atoms with Crippen LogP contribution in [0.25, 0.3) is 110 Å². The van der Waals surface area contributed by atoms with E-state index in [4.69, 9.17) is 9.97 Å². The van der Waals surface area contributed by atoms with Crippen molar-refractivity contribution in [2.75, 3.05) is 0 Å². The Morgan fingerprint density at radius 3 is 0.966 bits per heavy atom. The molecule has 2 heterocycles. The maximum atomic E-state index is 5.35. The molecule has 11 rings (SSSR count). The first-order valence-corrected chi connectivity index (χ1v) is 19.8. The number of fused-ring (bicyclic) bond motifs is 6. The first kappa shape index (κ1) is 33.6. The fraction of sp³-hybridized carbons (Fsp3) is 0. The summed E-state index contributed by atoms with van der Waals surface area (Å²) < 4.78 is 0. The van der Waals surface area contributed by atoms with E-state index in [1.54, 1.807) is 0 Å². The Morgan fingerprint density at radius 2 is 0.534 bits per heavy atom. The normalized spacial score (nSPS) is 11.4. The van der Waals surface area contributed by atoms with Gasteiger partial charge < -0.3 is 0 Å². The van der Waals surface area contributed by atoms with Crippen LogP contribution in [0.1, 0.15) is 0 Å². The molecule has 0 spiro atoms. The fourth-order valence-electron chi connectivity index (χ4n) is 8.61. The first-order chi connectivity index (χ1) is 28.7. The van der Waals surface area contributed by atoms with Gasteiger partial charge in [0.2, 0.25) is 0 Å². The highest BCUT2D eigenvalue weighted by atomic mass is 14.7. The van der Waals surface area contributed by atoms with Gasteiger partial charge in [-0.1, -0.05) is 176 Å². The molecule has 0 aliphatic heterocycles. The average molecular weight is 737 g/mol. The molecule has 0 atom stereocenters. The van der Waals surface area contributed by atoms with E-state index in [0.29, 0.717) is 0 Å². The van der Waals surface area contributed by atoms with E-state index in [9.17, 15) is 0 Å². The number of pyridine rings is 2. The van der Waals surface area contributed by atoms with E-state index in [2.05, 4.69) is 218 Å². The summed E-state index contributed by atoms with van der Waals surface area (Å²) in [5.41, 5.74) is 12.6. The van der Waals surface area contributed by atoms with Gasteiger partial charge in [0, 0.05) is 22.3 Å². The van der Waals surface area contributed by atoms with Crippen molar-refractivity contribution in [1.29, 1.82) is 0 Å². The van der Waals surface area contributed by atoms with Gasteiger partial charge in [0.05, 0.1) is 22.8 Å². The Hall–Kier alpha value is -7.68. The fourth-order valence-corrected chi connectivity index (χ4v) is 8.61. The van der Waals surface area contributed by atoms with Crippen LogP contribution in [-0.4, -0.2) is 9.97 Å². The predicted octanol–water partition coefficient (Wildman–Crippen LogP) is 15.1. The molecule has 0 fully saturated rings. The third-order valence-corrected chi connectivity index (χ3v) is 11.4. The van der Waals surface area contributed by atoms with Gasteiger partial charge in [-0.2, -0.15) is 0 Å². The molecule has 0 N–H and O–H groups in total. The van der Waals surface area contributed by atoms with Crippen LogP contribution >= 0.6 is 0 Å².